The standard InChI is InChI=1S/C19H23ClN4O3S/c1-21-28(26,27)18-13-14(19(25)22-16-6-4-15(20)5-7-16)3-8-17(18)24-11-9-23(2)10-12-24/h3-8,13,21H,9-12H2,1-2H3,(H,22,25). The minimum absolute atomic E-state index is 0.100. The van der Waals surface area contributed by atoms with Crippen LogP contribution in [-0.4, -0.2) is 59.5 Å². The molecule has 1 aliphatic rings. The number of sulfonamides is 1. The van der Waals surface area contributed by atoms with Gasteiger partial charge in [-0.25, -0.2) is 13.1 Å². The van der Waals surface area contributed by atoms with Crippen molar-refractivity contribution in [3.8, 4) is 0 Å². The summed E-state index contributed by atoms with van der Waals surface area (Å²) in [5, 5.41) is 3.32. The highest BCUT2D eigenvalue weighted by Crippen LogP contribution is 2.28. The van der Waals surface area contributed by atoms with Crippen molar-refractivity contribution >= 4 is 38.9 Å². The SMILES string of the molecule is CNS(=O)(=O)c1cc(C(=O)Nc2ccc(Cl)cc2)ccc1N1CCN(C)CC1. The predicted octanol–water partition coefficient (Wildman–Crippen LogP) is 2.25. The van der Waals surface area contributed by atoms with Crippen molar-refractivity contribution in [3.63, 3.8) is 0 Å². The number of benzene rings is 2. The molecule has 1 amide bonds. The Labute approximate surface area is 170 Å². The number of carbonyl (C=O) groups is 1. The first-order valence-corrected chi connectivity index (χ1v) is 10.7. The highest BCUT2D eigenvalue weighted by atomic mass is 35.5. The zero-order chi connectivity index (χ0) is 20.3. The molecule has 2 N–H and O–H groups in total. The topological polar surface area (TPSA) is 81.7 Å². The normalized spacial score (nSPS) is 15.5. The average molecular weight is 423 g/mol. The number of piperazine rings is 1. The second-order valence-electron chi connectivity index (χ2n) is 6.64. The first-order chi connectivity index (χ1) is 13.3. The molecule has 28 heavy (non-hydrogen) atoms. The maximum absolute atomic E-state index is 12.6. The van der Waals surface area contributed by atoms with Gasteiger partial charge in [-0.2, -0.15) is 0 Å². The monoisotopic (exact) mass is 422 g/mol. The summed E-state index contributed by atoms with van der Waals surface area (Å²) >= 11 is 5.86. The van der Waals surface area contributed by atoms with Crippen molar-refractivity contribution in [1.29, 1.82) is 0 Å². The Balaban J connectivity index is 1.92. The van der Waals surface area contributed by atoms with Crippen LogP contribution < -0.4 is 14.9 Å². The molecule has 1 saturated heterocycles. The molecule has 0 aromatic heterocycles. The number of likely N-dealkylation sites (N-methyl/N-ethyl adjacent to an activating group) is 1. The Kier molecular flexibility index (Phi) is 6.24. The molecule has 2 aromatic carbocycles. The second-order valence-corrected chi connectivity index (χ2v) is 8.93. The summed E-state index contributed by atoms with van der Waals surface area (Å²) in [4.78, 5) is 16.9. The number of hydrogen-bond acceptors (Lipinski definition) is 5. The van der Waals surface area contributed by atoms with Crippen LogP contribution in [0.2, 0.25) is 5.02 Å². The van der Waals surface area contributed by atoms with Gasteiger partial charge in [-0.1, -0.05) is 11.6 Å². The lowest BCUT2D eigenvalue weighted by Gasteiger charge is -2.35. The lowest BCUT2D eigenvalue weighted by atomic mass is 10.1. The molecule has 7 nitrogen and oxygen atoms in total. The minimum atomic E-state index is -3.73. The molecule has 0 radical (unpaired) electrons. The van der Waals surface area contributed by atoms with E-state index in [4.69, 9.17) is 11.6 Å². The van der Waals surface area contributed by atoms with E-state index in [1.165, 1.54) is 13.1 Å². The van der Waals surface area contributed by atoms with E-state index in [0.29, 0.717) is 16.4 Å². The van der Waals surface area contributed by atoms with E-state index >= 15 is 0 Å². The van der Waals surface area contributed by atoms with Gasteiger partial charge in [-0.15, -0.1) is 0 Å². The Hall–Kier alpha value is -2.13. The van der Waals surface area contributed by atoms with Gasteiger partial charge < -0.3 is 15.1 Å². The van der Waals surface area contributed by atoms with Crippen LogP contribution in [0.25, 0.3) is 0 Å². The highest BCUT2D eigenvalue weighted by Gasteiger charge is 2.24. The average Bonchev–Trinajstić information content (AvgIpc) is 2.70. The van der Waals surface area contributed by atoms with E-state index in [9.17, 15) is 13.2 Å². The number of nitrogens with one attached hydrogen (secondary N) is 2. The van der Waals surface area contributed by atoms with Crippen LogP contribution in [0.4, 0.5) is 11.4 Å². The molecule has 0 atom stereocenters. The number of halogens is 1. The predicted molar refractivity (Wildman–Crippen MR) is 112 cm³/mol. The van der Waals surface area contributed by atoms with Crippen LogP contribution in [0, 0.1) is 0 Å². The van der Waals surface area contributed by atoms with Crippen molar-refractivity contribution in [2.24, 2.45) is 0 Å². The molecule has 0 unspecified atom stereocenters. The second kappa shape index (κ2) is 8.48. The lowest BCUT2D eigenvalue weighted by Crippen LogP contribution is -2.45. The quantitative estimate of drug-likeness (QED) is 0.772. The largest absolute Gasteiger partial charge is 0.368 e. The van der Waals surface area contributed by atoms with E-state index in [-0.39, 0.29) is 16.4 Å². The van der Waals surface area contributed by atoms with Crippen LogP contribution in [0.1, 0.15) is 10.4 Å². The van der Waals surface area contributed by atoms with Crippen molar-refractivity contribution in [3.05, 3.63) is 53.1 Å². The van der Waals surface area contributed by atoms with Gasteiger partial charge in [0.25, 0.3) is 5.91 Å². The lowest BCUT2D eigenvalue weighted by molar-refractivity contribution is 0.102. The van der Waals surface area contributed by atoms with Gasteiger partial charge in [-0.3, -0.25) is 4.79 Å². The first-order valence-electron chi connectivity index (χ1n) is 8.88. The molecule has 0 spiro atoms. The molecule has 1 aliphatic heterocycles. The summed E-state index contributed by atoms with van der Waals surface area (Å²) in [6, 6.07) is 11.5. The van der Waals surface area contributed by atoms with Gasteiger partial charge in [-0.05, 0) is 56.6 Å². The maximum atomic E-state index is 12.6. The third-order valence-electron chi connectivity index (χ3n) is 4.73. The molecular weight excluding hydrogens is 400 g/mol. The summed E-state index contributed by atoms with van der Waals surface area (Å²) in [5.41, 5.74) is 1.45. The van der Waals surface area contributed by atoms with Crippen LogP contribution in [-0.2, 0) is 10.0 Å². The Morgan fingerprint density at radius 1 is 1.04 bits per heavy atom. The summed E-state index contributed by atoms with van der Waals surface area (Å²) in [6.45, 7) is 3.13. The zero-order valence-electron chi connectivity index (χ0n) is 15.8. The van der Waals surface area contributed by atoms with Crippen LogP contribution >= 0.6 is 11.6 Å². The Bertz CT molecular complexity index is 956. The summed E-state index contributed by atoms with van der Waals surface area (Å²) in [5.74, 6) is -0.389. The first kappa shape index (κ1) is 20.6. The van der Waals surface area contributed by atoms with Crippen molar-refractivity contribution in [2.75, 3.05) is 50.5 Å². The van der Waals surface area contributed by atoms with Gasteiger partial charge in [0, 0.05) is 42.5 Å². The molecule has 1 heterocycles. The van der Waals surface area contributed by atoms with Gasteiger partial charge >= 0.3 is 0 Å². The molecule has 9 heteroatoms. The van der Waals surface area contributed by atoms with E-state index in [1.807, 2.05) is 11.9 Å². The number of hydrogen-bond donors (Lipinski definition) is 2. The van der Waals surface area contributed by atoms with Crippen molar-refractivity contribution in [2.45, 2.75) is 4.90 Å². The van der Waals surface area contributed by atoms with Gasteiger partial charge in [0.2, 0.25) is 10.0 Å². The number of rotatable bonds is 5. The molecular formula is C19H23ClN4O3S. The highest BCUT2D eigenvalue weighted by molar-refractivity contribution is 7.89. The smallest absolute Gasteiger partial charge is 0.255 e. The maximum Gasteiger partial charge on any atom is 0.255 e. The molecule has 3 rings (SSSR count). The van der Waals surface area contributed by atoms with Gasteiger partial charge in [0.1, 0.15) is 4.90 Å². The van der Waals surface area contributed by atoms with E-state index in [2.05, 4.69) is 14.9 Å². The van der Waals surface area contributed by atoms with E-state index in [1.54, 1.807) is 36.4 Å². The Morgan fingerprint density at radius 3 is 2.29 bits per heavy atom. The Morgan fingerprint density at radius 2 is 1.68 bits per heavy atom. The molecule has 0 bridgehead atoms. The third kappa shape index (κ3) is 4.64. The van der Waals surface area contributed by atoms with Gasteiger partial charge in [0.05, 0.1) is 5.69 Å². The van der Waals surface area contributed by atoms with E-state index in [0.717, 1.165) is 26.2 Å². The fourth-order valence-electron chi connectivity index (χ4n) is 3.03. The van der Waals surface area contributed by atoms with Crippen LogP contribution in [0.15, 0.2) is 47.4 Å². The summed E-state index contributed by atoms with van der Waals surface area (Å²) < 4.78 is 27.6. The van der Waals surface area contributed by atoms with Gasteiger partial charge in [0.15, 0.2) is 0 Å². The van der Waals surface area contributed by atoms with Crippen LogP contribution in [0.5, 0.6) is 0 Å². The zero-order valence-corrected chi connectivity index (χ0v) is 17.3. The van der Waals surface area contributed by atoms with E-state index < -0.39 is 10.0 Å². The molecule has 0 aliphatic carbocycles. The number of carbonyl (C=O) groups excluding carboxylic acids is 1. The van der Waals surface area contributed by atoms with Crippen molar-refractivity contribution in [1.82, 2.24) is 9.62 Å². The number of nitrogens with zero attached hydrogens (tertiary/aromatic N) is 2. The summed E-state index contributed by atoms with van der Waals surface area (Å²) in [6.07, 6.45) is 0. The fraction of sp³-hybridized carbons (Fsp3) is 0.316. The summed E-state index contributed by atoms with van der Waals surface area (Å²) in [7, 11) is -0.330. The fourth-order valence-corrected chi connectivity index (χ4v) is 4.13. The molecule has 150 valence electrons. The molecule has 2 aromatic rings. The minimum Gasteiger partial charge on any atom is -0.368 e. The molecule has 0 saturated carbocycles. The number of anilines is 2. The van der Waals surface area contributed by atoms with Crippen molar-refractivity contribution < 1.29 is 13.2 Å². The molecule has 1 fully saturated rings. The third-order valence-corrected chi connectivity index (χ3v) is 6.42. The number of amides is 1. The van der Waals surface area contributed by atoms with Crippen LogP contribution in [0.3, 0.4) is 0 Å².